The van der Waals surface area contributed by atoms with Crippen molar-refractivity contribution in [3.63, 3.8) is 0 Å². The van der Waals surface area contributed by atoms with Gasteiger partial charge in [-0.2, -0.15) is 4.98 Å². The van der Waals surface area contributed by atoms with Crippen LogP contribution in [0.15, 0.2) is 28.8 Å². The zero-order chi connectivity index (χ0) is 16.6. The molecular weight excluding hydrogens is 298 g/mol. The van der Waals surface area contributed by atoms with Crippen LogP contribution >= 0.6 is 0 Å². The van der Waals surface area contributed by atoms with Gasteiger partial charge in [-0.1, -0.05) is 56.3 Å². The van der Waals surface area contributed by atoms with Crippen molar-refractivity contribution in [3.8, 4) is 11.5 Å². The van der Waals surface area contributed by atoms with E-state index >= 15 is 0 Å². The third kappa shape index (κ3) is 4.67. The van der Waals surface area contributed by atoms with Gasteiger partial charge in [0.05, 0.1) is 6.04 Å². The van der Waals surface area contributed by atoms with Crippen LogP contribution in [-0.2, 0) is 6.42 Å². The minimum Gasteiger partial charge on any atom is -0.334 e. The number of hydrogen-bond acceptors (Lipinski definition) is 4. The molecule has 130 valence electrons. The van der Waals surface area contributed by atoms with E-state index in [2.05, 4.69) is 46.6 Å². The Kier molecular flexibility index (Phi) is 6.41. The highest BCUT2D eigenvalue weighted by Crippen LogP contribution is 2.24. The highest BCUT2D eigenvalue weighted by atomic mass is 16.5. The van der Waals surface area contributed by atoms with E-state index in [1.165, 1.54) is 50.5 Å². The van der Waals surface area contributed by atoms with Crippen LogP contribution in [0.25, 0.3) is 11.5 Å². The van der Waals surface area contributed by atoms with Crippen molar-refractivity contribution < 1.29 is 4.52 Å². The molecule has 4 nitrogen and oxygen atoms in total. The van der Waals surface area contributed by atoms with Crippen LogP contribution in [0, 0.1) is 0 Å². The predicted octanol–water partition coefficient (Wildman–Crippen LogP) is 5.06. The van der Waals surface area contributed by atoms with Gasteiger partial charge in [-0.25, -0.2) is 0 Å². The molecule has 0 saturated carbocycles. The van der Waals surface area contributed by atoms with Crippen molar-refractivity contribution >= 4 is 0 Å². The van der Waals surface area contributed by atoms with Crippen LogP contribution in [0.4, 0.5) is 0 Å². The standard InChI is InChI=1S/C20H29N3O/c1-2-3-4-5-6-7-9-16-11-13-17(14-12-16)20-22-19(23-24-20)18-10-8-15-21-18/h11-14,18,21H,2-10,15H2,1H3. The van der Waals surface area contributed by atoms with Gasteiger partial charge >= 0.3 is 0 Å². The van der Waals surface area contributed by atoms with Gasteiger partial charge in [-0.15, -0.1) is 0 Å². The summed E-state index contributed by atoms with van der Waals surface area (Å²) in [6, 6.07) is 8.85. The lowest BCUT2D eigenvalue weighted by molar-refractivity contribution is 0.412. The Bertz CT molecular complexity index is 600. The largest absolute Gasteiger partial charge is 0.334 e. The van der Waals surface area contributed by atoms with Crippen molar-refractivity contribution in [3.05, 3.63) is 35.7 Å². The molecule has 1 aromatic heterocycles. The average molecular weight is 327 g/mol. The Morgan fingerprint density at radius 3 is 2.62 bits per heavy atom. The first-order chi connectivity index (χ1) is 11.9. The predicted molar refractivity (Wildman–Crippen MR) is 96.8 cm³/mol. The zero-order valence-corrected chi connectivity index (χ0v) is 14.8. The SMILES string of the molecule is CCCCCCCCc1ccc(-c2nc(C3CCCN3)no2)cc1. The monoisotopic (exact) mass is 327 g/mol. The lowest BCUT2D eigenvalue weighted by Gasteiger charge is -2.03. The molecule has 0 radical (unpaired) electrons. The number of unbranched alkanes of at least 4 members (excludes halogenated alkanes) is 5. The first-order valence-electron chi connectivity index (χ1n) is 9.53. The van der Waals surface area contributed by atoms with Gasteiger partial charge in [-0.3, -0.25) is 0 Å². The molecule has 3 rings (SSSR count). The normalized spacial score (nSPS) is 17.5. The Hall–Kier alpha value is -1.68. The summed E-state index contributed by atoms with van der Waals surface area (Å²) in [5, 5.41) is 7.54. The van der Waals surface area contributed by atoms with Crippen molar-refractivity contribution in [1.82, 2.24) is 15.5 Å². The summed E-state index contributed by atoms with van der Waals surface area (Å²) in [5.41, 5.74) is 2.41. The van der Waals surface area contributed by atoms with Crippen molar-refractivity contribution in [1.29, 1.82) is 0 Å². The Labute approximate surface area is 145 Å². The van der Waals surface area contributed by atoms with Crippen molar-refractivity contribution in [2.75, 3.05) is 6.54 Å². The number of aromatic nitrogens is 2. The second-order valence-electron chi connectivity index (χ2n) is 6.82. The third-order valence-electron chi connectivity index (χ3n) is 4.83. The maximum atomic E-state index is 5.44. The summed E-state index contributed by atoms with van der Waals surface area (Å²) in [6.07, 6.45) is 11.5. The van der Waals surface area contributed by atoms with Gasteiger partial charge in [-0.05, 0) is 49.9 Å². The molecule has 1 aromatic carbocycles. The van der Waals surface area contributed by atoms with E-state index in [-0.39, 0.29) is 6.04 Å². The fourth-order valence-corrected chi connectivity index (χ4v) is 3.32. The first kappa shape index (κ1) is 17.2. The molecule has 1 N–H and O–H groups in total. The van der Waals surface area contributed by atoms with Crippen molar-refractivity contribution in [2.45, 2.75) is 70.8 Å². The van der Waals surface area contributed by atoms with Gasteiger partial charge < -0.3 is 9.84 Å². The highest BCUT2D eigenvalue weighted by Gasteiger charge is 2.21. The Morgan fingerprint density at radius 1 is 1.08 bits per heavy atom. The molecule has 1 fully saturated rings. The Morgan fingerprint density at radius 2 is 1.88 bits per heavy atom. The Balaban J connectivity index is 1.49. The second-order valence-corrected chi connectivity index (χ2v) is 6.82. The lowest BCUT2D eigenvalue weighted by atomic mass is 10.0. The van der Waals surface area contributed by atoms with Crippen LogP contribution in [0.1, 0.15) is 75.7 Å². The van der Waals surface area contributed by atoms with Crippen LogP contribution in [0.5, 0.6) is 0 Å². The number of nitrogens with one attached hydrogen (secondary N) is 1. The molecular formula is C20H29N3O. The number of rotatable bonds is 9. The molecule has 0 bridgehead atoms. The van der Waals surface area contributed by atoms with E-state index in [1.807, 2.05) is 0 Å². The summed E-state index contributed by atoms with van der Waals surface area (Å²) < 4.78 is 5.44. The summed E-state index contributed by atoms with van der Waals surface area (Å²) >= 11 is 0. The number of nitrogens with zero attached hydrogens (tertiary/aromatic N) is 2. The van der Waals surface area contributed by atoms with Gasteiger partial charge in [0.1, 0.15) is 0 Å². The van der Waals surface area contributed by atoms with E-state index in [9.17, 15) is 0 Å². The molecule has 1 unspecified atom stereocenters. The van der Waals surface area contributed by atoms with Crippen LogP contribution in [0.2, 0.25) is 0 Å². The van der Waals surface area contributed by atoms with E-state index < -0.39 is 0 Å². The molecule has 0 aliphatic carbocycles. The van der Waals surface area contributed by atoms with Crippen LogP contribution in [-0.4, -0.2) is 16.7 Å². The van der Waals surface area contributed by atoms with E-state index in [0.29, 0.717) is 5.89 Å². The molecule has 0 amide bonds. The van der Waals surface area contributed by atoms with Crippen molar-refractivity contribution in [2.24, 2.45) is 0 Å². The van der Waals surface area contributed by atoms with E-state index in [1.54, 1.807) is 0 Å². The summed E-state index contributed by atoms with van der Waals surface area (Å²) in [4.78, 5) is 4.56. The fraction of sp³-hybridized carbons (Fsp3) is 0.600. The molecule has 1 aliphatic rings. The smallest absolute Gasteiger partial charge is 0.257 e. The molecule has 2 aromatic rings. The fourth-order valence-electron chi connectivity index (χ4n) is 3.32. The molecule has 0 spiro atoms. The third-order valence-corrected chi connectivity index (χ3v) is 4.83. The summed E-state index contributed by atoms with van der Waals surface area (Å²) in [5.74, 6) is 1.42. The number of hydrogen-bond donors (Lipinski definition) is 1. The zero-order valence-electron chi connectivity index (χ0n) is 14.8. The van der Waals surface area contributed by atoms with Crippen LogP contribution < -0.4 is 5.32 Å². The number of benzene rings is 1. The summed E-state index contributed by atoms with van der Waals surface area (Å²) in [7, 11) is 0. The number of aryl methyl sites for hydroxylation is 1. The maximum Gasteiger partial charge on any atom is 0.257 e. The molecule has 4 heteroatoms. The average Bonchev–Trinajstić information content (AvgIpc) is 3.29. The topological polar surface area (TPSA) is 51.0 Å². The molecule has 1 atom stereocenters. The molecule has 1 aliphatic heterocycles. The van der Waals surface area contributed by atoms with Crippen LogP contribution in [0.3, 0.4) is 0 Å². The quantitative estimate of drug-likeness (QED) is 0.654. The molecule has 24 heavy (non-hydrogen) atoms. The lowest BCUT2D eigenvalue weighted by Crippen LogP contribution is -2.14. The van der Waals surface area contributed by atoms with E-state index in [0.717, 1.165) is 30.8 Å². The summed E-state index contributed by atoms with van der Waals surface area (Å²) in [6.45, 7) is 3.31. The first-order valence-corrected chi connectivity index (χ1v) is 9.53. The minimum absolute atomic E-state index is 0.259. The van der Waals surface area contributed by atoms with Gasteiger partial charge in [0.25, 0.3) is 5.89 Å². The minimum atomic E-state index is 0.259. The van der Waals surface area contributed by atoms with Gasteiger partial charge in [0.2, 0.25) is 0 Å². The second kappa shape index (κ2) is 8.97. The maximum absolute atomic E-state index is 5.44. The van der Waals surface area contributed by atoms with Gasteiger partial charge in [0.15, 0.2) is 5.82 Å². The van der Waals surface area contributed by atoms with Gasteiger partial charge in [0, 0.05) is 5.56 Å². The highest BCUT2D eigenvalue weighted by molar-refractivity contribution is 5.53. The molecule has 1 saturated heterocycles. The van der Waals surface area contributed by atoms with E-state index in [4.69, 9.17) is 4.52 Å². The molecule has 2 heterocycles.